The molecule has 0 radical (unpaired) electrons. The van der Waals surface area contributed by atoms with Gasteiger partial charge in [0.2, 0.25) is 0 Å². The summed E-state index contributed by atoms with van der Waals surface area (Å²) in [6.07, 6.45) is 0. The zero-order valence-electron chi connectivity index (χ0n) is 29.6. The monoisotopic (exact) mass is 778 g/mol. The summed E-state index contributed by atoms with van der Waals surface area (Å²) in [5.74, 6) is 5.53. The fourth-order valence-electron chi connectivity index (χ4n) is 5.65. The van der Waals surface area contributed by atoms with Crippen LogP contribution in [-0.2, 0) is 31.8 Å². The Kier molecular flexibility index (Phi) is 12.4. The quantitative estimate of drug-likeness (QED) is 0.0858. The van der Waals surface area contributed by atoms with Gasteiger partial charge in [0.25, 0.3) is 0 Å². The maximum atomic E-state index is 6.38. The third-order valence-corrected chi connectivity index (χ3v) is 8.89. The molecule has 7 aromatic carbocycles. The van der Waals surface area contributed by atoms with Gasteiger partial charge in [0.05, 0.1) is 0 Å². The van der Waals surface area contributed by atoms with Crippen molar-refractivity contribution < 1.29 is 28.4 Å². The van der Waals surface area contributed by atoms with Crippen LogP contribution in [0.5, 0.6) is 46.0 Å². The zero-order chi connectivity index (χ0) is 36.8. The molecule has 0 N–H and O–H groups in total. The maximum Gasteiger partial charge on any atom is 0.131 e. The number of hydrogen-bond donors (Lipinski definition) is 0. The fourth-order valence-corrected chi connectivity index (χ4v) is 5.98. The molecular formula is C47H39BrO6. The highest BCUT2D eigenvalue weighted by atomic mass is 79.9. The van der Waals surface area contributed by atoms with Crippen LogP contribution in [0.3, 0.4) is 0 Å². The molecule has 0 unspecified atom stereocenters. The van der Waals surface area contributed by atoms with Crippen molar-refractivity contribution >= 4 is 15.9 Å². The first-order valence-corrected chi connectivity index (χ1v) is 18.8. The van der Waals surface area contributed by atoms with Gasteiger partial charge in [-0.05, 0) is 88.5 Å². The van der Waals surface area contributed by atoms with E-state index in [9.17, 15) is 0 Å². The van der Waals surface area contributed by atoms with E-state index in [-0.39, 0.29) is 0 Å². The molecule has 0 spiro atoms. The minimum Gasteiger partial charge on any atom is -0.489 e. The fraction of sp³-hybridized carbons (Fsp3) is 0.106. The molecule has 0 saturated heterocycles. The highest BCUT2D eigenvalue weighted by Gasteiger charge is 2.11. The summed E-state index contributed by atoms with van der Waals surface area (Å²) >= 11 is 3.61. The lowest BCUT2D eigenvalue weighted by Crippen LogP contribution is -2.02. The van der Waals surface area contributed by atoms with Crippen molar-refractivity contribution in [3.05, 3.63) is 204 Å². The minimum absolute atomic E-state index is 0.292. The number of rotatable bonds is 17. The molecule has 0 atom stereocenters. The third-order valence-electron chi connectivity index (χ3n) is 8.24. The SMILES string of the molecule is BrCc1cc(OCc2cc(OCc3ccccc3)cc(Oc3ccccc3)c2)cc(OCc2cc(OCc3ccccc3)cc(Oc3ccccc3)c2)c1. The summed E-state index contributed by atoms with van der Waals surface area (Å²) in [6, 6.07) is 57.1. The summed E-state index contributed by atoms with van der Waals surface area (Å²) in [5, 5.41) is 0.635. The van der Waals surface area contributed by atoms with Crippen molar-refractivity contribution in [3.63, 3.8) is 0 Å². The van der Waals surface area contributed by atoms with Gasteiger partial charge in [0.1, 0.15) is 72.4 Å². The van der Waals surface area contributed by atoms with Crippen molar-refractivity contribution in [1.82, 2.24) is 0 Å². The van der Waals surface area contributed by atoms with Crippen LogP contribution in [0.15, 0.2) is 176 Å². The maximum absolute atomic E-state index is 6.38. The largest absolute Gasteiger partial charge is 0.489 e. The number of hydrogen-bond acceptors (Lipinski definition) is 6. The summed E-state index contributed by atoms with van der Waals surface area (Å²) in [5.41, 5.74) is 4.97. The molecule has 0 aliphatic rings. The van der Waals surface area contributed by atoms with E-state index in [1.54, 1.807) is 0 Å². The van der Waals surface area contributed by atoms with E-state index >= 15 is 0 Å². The standard InChI is InChI=1S/C47H39BrO6/c48-30-37-21-42(51-33-38-23-44(49-31-35-13-5-1-6-14-35)28-46(25-38)53-40-17-9-3-10-18-40)27-43(22-37)52-34-39-24-45(50-32-36-15-7-2-8-16-36)29-47(26-39)54-41-19-11-4-12-20-41/h1-29H,30-34H2. The van der Waals surface area contributed by atoms with Gasteiger partial charge in [0.15, 0.2) is 0 Å². The minimum atomic E-state index is 0.292. The van der Waals surface area contributed by atoms with Crippen LogP contribution < -0.4 is 28.4 Å². The molecule has 0 bridgehead atoms. The van der Waals surface area contributed by atoms with Crippen LogP contribution in [-0.4, -0.2) is 0 Å². The molecular weight excluding hydrogens is 740 g/mol. The first-order chi connectivity index (χ1) is 26.6. The average Bonchev–Trinajstić information content (AvgIpc) is 3.22. The van der Waals surface area contributed by atoms with Crippen molar-refractivity contribution in [3.8, 4) is 46.0 Å². The van der Waals surface area contributed by atoms with Gasteiger partial charge in [-0.1, -0.05) is 113 Å². The first kappa shape index (κ1) is 36.2. The molecule has 0 aromatic heterocycles. The summed E-state index contributed by atoms with van der Waals surface area (Å²) in [7, 11) is 0. The lowest BCUT2D eigenvalue weighted by atomic mass is 10.2. The van der Waals surface area contributed by atoms with Crippen molar-refractivity contribution in [2.45, 2.75) is 31.8 Å². The van der Waals surface area contributed by atoms with Crippen LogP contribution >= 0.6 is 15.9 Å². The molecule has 6 nitrogen and oxygen atoms in total. The molecule has 7 heteroatoms. The molecule has 54 heavy (non-hydrogen) atoms. The molecule has 0 saturated carbocycles. The van der Waals surface area contributed by atoms with Crippen molar-refractivity contribution in [1.29, 1.82) is 0 Å². The van der Waals surface area contributed by atoms with E-state index in [0.717, 1.165) is 39.3 Å². The van der Waals surface area contributed by atoms with Gasteiger partial charge in [-0.2, -0.15) is 0 Å². The van der Waals surface area contributed by atoms with E-state index < -0.39 is 0 Å². The third kappa shape index (κ3) is 10.9. The van der Waals surface area contributed by atoms with E-state index in [0.29, 0.717) is 66.3 Å². The number of alkyl halides is 1. The van der Waals surface area contributed by atoms with E-state index in [4.69, 9.17) is 28.4 Å². The second kappa shape index (κ2) is 18.5. The van der Waals surface area contributed by atoms with Crippen molar-refractivity contribution in [2.75, 3.05) is 0 Å². The highest BCUT2D eigenvalue weighted by molar-refractivity contribution is 9.08. The Hall–Kier alpha value is -6.18. The molecule has 0 amide bonds. The van der Waals surface area contributed by atoms with Gasteiger partial charge >= 0.3 is 0 Å². The number of ether oxygens (including phenoxy) is 6. The molecule has 0 fully saturated rings. The molecule has 7 aromatic rings. The normalized spacial score (nSPS) is 10.7. The van der Waals surface area contributed by atoms with E-state index in [1.807, 2.05) is 176 Å². The van der Waals surface area contributed by atoms with Crippen LogP contribution in [0.1, 0.15) is 27.8 Å². The Morgan fingerprint density at radius 3 is 0.944 bits per heavy atom. The summed E-state index contributed by atoms with van der Waals surface area (Å²) in [4.78, 5) is 0. The van der Waals surface area contributed by atoms with E-state index in [1.165, 1.54) is 0 Å². The lowest BCUT2D eigenvalue weighted by Gasteiger charge is -2.15. The smallest absolute Gasteiger partial charge is 0.131 e. The second-order valence-electron chi connectivity index (χ2n) is 12.5. The lowest BCUT2D eigenvalue weighted by molar-refractivity contribution is 0.283. The topological polar surface area (TPSA) is 55.4 Å². The Morgan fingerprint density at radius 1 is 0.278 bits per heavy atom. The average molecular weight is 780 g/mol. The van der Waals surface area contributed by atoms with Crippen LogP contribution in [0.2, 0.25) is 0 Å². The van der Waals surface area contributed by atoms with Gasteiger partial charge in [-0.15, -0.1) is 0 Å². The Balaban J connectivity index is 1.06. The molecule has 0 heterocycles. The van der Waals surface area contributed by atoms with Gasteiger partial charge in [-0.3, -0.25) is 0 Å². The first-order valence-electron chi connectivity index (χ1n) is 17.7. The molecule has 0 aliphatic carbocycles. The second-order valence-corrected chi connectivity index (χ2v) is 13.1. The van der Waals surface area contributed by atoms with Crippen molar-refractivity contribution in [2.24, 2.45) is 0 Å². The number of halogens is 1. The Bertz CT molecular complexity index is 2060. The number of benzene rings is 7. The highest BCUT2D eigenvalue weighted by Crippen LogP contribution is 2.32. The Labute approximate surface area is 324 Å². The van der Waals surface area contributed by atoms with Crippen LogP contribution in [0.4, 0.5) is 0 Å². The van der Waals surface area contributed by atoms with E-state index in [2.05, 4.69) is 15.9 Å². The summed E-state index contributed by atoms with van der Waals surface area (Å²) in [6.45, 7) is 1.46. The summed E-state index contributed by atoms with van der Waals surface area (Å²) < 4.78 is 37.6. The van der Waals surface area contributed by atoms with Gasteiger partial charge in [-0.25, -0.2) is 0 Å². The zero-order valence-corrected chi connectivity index (χ0v) is 31.2. The molecule has 270 valence electrons. The number of para-hydroxylation sites is 2. The van der Waals surface area contributed by atoms with Gasteiger partial charge in [0, 0.05) is 23.5 Å². The molecule has 0 aliphatic heterocycles. The molecule has 7 rings (SSSR count). The van der Waals surface area contributed by atoms with Crippen LogP contribution in [0, 0.1) is 0 Å². The predicted molar refractivity (Wildman–Crippen MR) is 215 cm³/mol. The van der Waals surface area contributed by atoms with Gasteiger partial charge < -0.3 is 28.4 Å². The Morgan fingerprint density at radius 2 is 0.574 bits per heavy atom. The van der Waals surface area contributed by atoms with Crippen LogP contribution in [0.25, 0.3) is 0 Å². The predicted octanol–water partition coefficient (Wildman–Crippen LogP) is 12.5.